The molecule has 2 atom stereocenters. The van der Waals surface area contributed by atoms with Crippen LogP contribution in [-0.4, -0.2) is 52.8 Å². The fourth-order valence-corrected chi connectivity index (χ4v) is 3.40. The van der Waals surface area contributed by atoms with Gasteiger partial charge in [0.15, 0.2) is 5.69 Å². The van der Waals surface area contributed by atoms with Crippen LogP contribution in [0, 0.1) is 0 Å². The molecule has 3 rings (SSSR count). The number of hydrogen-bond donors (Lipinski definition) is 1. The van der Waals surface area contributed by atoms with Gasteiger partial charge >= 0.3 is 0 Å². The molecule has 2 unspecified atom stereocenters. The van der Waals surface area contributed by atoms with Crippen molar-refractivity contribution in [3.05, 3.63) is 17.8 Å². The third-order valence-corrected chi connectivity index (χ3v) is 4.78. The first-order chi connectivity index (χ1) is 11.3. The number of amides is 1. The van der Waals surface area contributed by atoms with Gasteiger partial charge in [-0.1, -0.05) is 6.92 Å². The molecule has 0 spiro atoms. The lowest BCUT2D eigenvalue weighted by Crippen LogP contribution is -2.43. The maximum absolute atomic E-state index is 12.6. The molecule has 2 saturated heterocycles. The van der Waals surface area contributed by atoms with E-state index >= 15 is 0 Å². The zero-order valence-corrected chi connectivity index (χ0v) is 13.8. The van der Waals surface area contributed by atoms with Crippen molar-refractivity contribution in [1.29, 1.82) is 0 Å². The summed E-state index contributed by atoms with van der Waals surface area (Å²) in [7, 11) is 0. The van der Waals surface area contributed by atoms with Crippen LogP contribution in [0.4, 0.5) is 5.82 Å². The quantitative estimate of drug-likeness (QED) is 0.903. The first kappa shape index (κ1) is 16.2. The summed E-state index contributed by atoms with van der Waals surface area (Å²) in [6.07, 6.45) is 6.86. The second-order valence-corrected chi connectivity index (χ2v) is 6.38. The Balaban J connectivity index is 1.58. The molecule has 23 heavy (non-hydrogen) atoms. The Morgan fingerprint density at radius 1 is 1.30 bits per heavy atom. The largest absolute Gasteiger partial charge is 0.376 e. The summed E-state index contributed by atoms with van der Waals surface area (Å²) in [6, 6.07) is 3.95. The lowest BCUT2D eigenvalue weighted by molar-refractivity contribution is 0.0600. The van der Waals surface area contributed by atoms with Crippen molar-refractivity contribution in [2.24, 2.45) is 0 Å². The smallest absolute Gasteiger partial charge is 0.274 e. The lowest BCUT2D eigenvalue weighted by atomic mass is 9.99. The van der Waals surface area contributed by atoms with Crippen molar-refractivity contribution in [2.75, 3.05) is 25.0 Å². The Hall–Kier alpha value is -1.69. The van der Waals surface area contributed by atoms with Gasteiger partial charge in [0.25, 0.3) is 5.91 Å². The van der Waals surface area contributed by atoms with Crippen molar-refractivity contribution in [1.82, 2.24) is 15.1 Å². The van der Waals surface area contributed by atoms with Gasteiger partial charge < -0.3 is 15.0 Å². The van der Waals surface area contributed by atoms with Crippen LogP contribution >= 0.6 is 0 Å². The van der Waals surface area contributed by atoms with E-state index in [1.54, 1.807) is 6.07 Å². The summed E-state index contributed by atoms with van der Waals surface area (Å²) in [5, 5.41) is 11.5. The van der Waals surface area contributed by atoms with Gasteiger partial charge in [-0.05, 0) is 50.7 Å². The zero-order chi connectivity index (χ0) is 16.1. The summed E-state index contributed by atoms with van der Waals surface area (Å²) in [6.45, 7) is 4.56. The highest BCUT2D eigenvalue weighted by molar-refractivity contribution is 5.92. The van der Waals surface area contributed by atoms with E-state index in [9.17, 15) is 4.79 Å². The summed E-state index contributed by atoms with van der Waals surface area (Å²) in [5.41, 5.74) is 0.438. The molecule has 1 amide bonds. The highest BCUT2D eigenvalue weighted by Crippen LogP contribution is 2.21. The summed E-state index contributed by atoms with van der Waals surface area (Å²) in [4.78, 5) is 14.6. The van der Waals surface area contributed by atoms with Crippen LogP contribution in [0.1, 0.15) is 55.9 Å². The molecule has 3 heterocycles. The fraction of sp³-hybridized carbons (Fsp3) is 0.706. The third kappa shape index (κ3) is 3.99. The van der Waals surface area contributed by atoms with Gasteiger partial charge in [-0.25, -0.2) is 0 Å². The highest BCUT2D eigenvalue weighted by Gasteiger charge is 2.27. The van der Waals surface area contributed by atoms with E-state index in [1.807, 2.05) is 11.0 Å². The summed E-state index contributed by atoms with van der Waals surface area (Å²) in [5.74, 6) is 0.706. The Labute approximate surface area is 137 Å². The topological polar surface area (TPSA) is 67.4 Å². The standard InChI is InChI=1S/C17H26N4O2/c1-2-13-6-3-4-10-21(13)17(22)15-8-9-16(20-19-15)18-12-14-7-5-11-23-14/h8-9,13-14H,2-7,10-12H2,1H3,(H,18,20). The van der Waals surface area contributed by atoms with E-state index in [1.165, 1.54) is 6.42 Å². The predicted molar refractivity (Wildman–Crippen MR) is 88.5 cm³/mol. The van der Waals surface area contributed by atoms with E-state index in [0.29, 0.717) is 17.6 Å². The fourth-order valence-electron chi connectivity index (χ4n) is 3.40. The van der Waals surface area contributed by atoms with Crippen LogP contribution in [-0.2, 0) is 4.74 Å². The Morgan fingerprint density at radius 2 is 2.22 bits per heavy atom. The SMILES string of the molecule is CCC1CCCCN1C(=O)c1ccc(NCC2CCCO2)nn1. The molecule has 6 heteroatoms. The predicted octanol–water partition coefficient (Wildman–Crippen LogP) is 2.47. The van der Waals surface area contributed by atoms with Crippen LogP contribution in [0.25, 0.3) is 0 Å². The average molecular weight is 318 g/mol. The van der Waals surface area contributed by atoms with Gasteiger partial charge in [-0.15, -0.1) is 10.2 Å². The number of piperidine rings is 1. The number of anilines is 1. The maximum Gasteiger partial charge on any atom is 0.274 e. The monoisotopic (exact) mass is 318 g/mol. The van der Waals surface area contributed by atoms with E-state index < -0.39 is 0 Å². The molecule has 126 valence electrons. The number of rotatable bonds is 5. The molecule has 1 aromatic heterocycles. The molecule has 0 aromatic carbocycles. The first-order valence-electron chi connectivity index (χ1n) is 8.78. The minimum atomic E-state index is 0.00901. The number of nitrogens with one attached hydrogen (secondary N) is 1. The minimum absolute atomic E-state index is 0.00901. The normalized spacial score (nSPS) is 24.7. The Kier molecular flexibility index (Phi) is 5.43. The molecule has 2 fully saturated rings. The van der Waals surface area contributed by atoms with Gasteiger partial charge in [0, 0.05) is 25.7 Å². The second-order valence-electron chi connectivity index (χ2n) is 6.38. The molecule has 0 bridgehead atoms. The second kappa shape index (κ2) is 7.73. The van der Waals surface area contributed by atoms with Crippen molar-refractivity contribution in [3.8, 4) is 0 Å². The molecule has 0 saturated carbocycles. The molecule has 6 nitrogen and oxygen atoms in total. The van der Waals surface area contributed by atoms with Crippen LogP contribution in [0.15, 0.2) is 12.1 Å². The molecule has 2 aliphatic heterocycles. The lowest BCUT2D eigenvalue weighted by Gasteiger charge is -2.34. The van der Waals surface area contributed by atoms with Crippen LogP contribution in [0.2, 0.25) is 0 Å². The molecule has 0 aliphatic carbocycles. The van der Waals surface area contributed by atoms with Crippen molar-refractivity contribution < 1.29 is 9.53 Å². The highest BCUT2D eigenvalue weighted by atomic mass is 16.5. The van der Waals surface area contributed by atoms with Crippen LogP contribution in [0.5, 0.6) is 0 Å². The van der Waals surface area contributed by atoms with Gasteiger partial charge in [-0.3, -0.25) is 4.79 Å². The van der Waals surface area contributed by atoms with Crippen molar-refractivity contribution >= 4 is 11.7 Å². The van der Waals surface area contributed by atoms with Gasteiger partial charge in [0.2, 0.25) is 0 Å². The Bertz CT molecular complexity index is 514. The number of hydrogen-bond acceptors (Lipinski definition) is 5. The van der Waals surface area contributed by atoms with Gasteiger partial charge in [0.05, 0.1) is 6.10 Å². The van der Waals surface area contributed by atoms with Gasteiger partial charge in [-0.2, -0.15) is 0 Å². The Morgan fingerprint density at radius 3 is 2.91 bits per heavy atom. The van der Waals surface area contributed by atoms with Crippen molar-refractivity contribution in [3.63, 3.8) is 0 Å². The minimum Gasteiger partial charge on any atom is -0.376 e. The number of nitrogens with zero attached hydrogens (tertiary/aromatic N) is 3. The van der Waals surface area contributed by atoms with E-state index in [4.69, 9.17) is 4.74 Å². The average Bonchev–Trinajstić information content (AvgIpc) is 3.13. The number of likely N-dealkylation sites (tertiary alicyclic amines) is 1. The number of ether oxygens (including phenoxy) is 1. The summed E-state index contributed by atoms with van der Waals surface area (Å²) >= 11 is 0. The van der Waals surface area contributed by atoms with E-state index in [2.05, 4.69) is 22.4 Å². The number of carbonyl (C=O) groups is 1. The third-order valence-electron chi connectivity index (χ3n) is 4.78. The number of carbonyl (C=O) groups excluding carboxylic acids is 1. The van der Waals surface area contributed by atoms with E-state index in [-0.39, 0.29) is 12.0 Å². The molecule has 1 N–H and O–H groups in total. The van der Waals surface area contributed by atoms with Crippen LogP contribution in [0.3, 0.4) is 0 Å². The molecule has 1 aromatic rings. The maximum atomic E-state index is 12.6. The molecular weight excluding hydrogens is 292 g/mol. The summed E-state index contributed by atoms with van der Waals surface area (Å²) < 4.78 is 5.57. The zero-order valence-electron chi connectivity index (χ0n) is 13.8. The first-order valence-corrected chi connectivity index (χ1v) is 8.78. The van der Waals surface area contributed by atoms with Gasteiger partial charge in [0.1, 0.15) is 5.82 Å². The number of aromatic nitrogens is 2. The molecule has 2 aliphatic rings. The van der Waals surface area contributed by atoms with Crippen molar-refractivity contribution in [2.45, 2.75) is 57.6 Å². The molecule has 0 radical (unpaired) electrons. The van der Waals surface area contributed by atoms with E-state index in [0.717, 1.165) is 51.8 Å². The van der Waals surface area contributed by atoms with Crippen LogP contribution < -0.4 is 5.32 Å². The molecular formula is C17H26N4O2.